The Morgan fingerprint density at radius 3 is 1.65 bits per heavy atom. The van der Waals surface area contributed by atoms with Crippen LogP contribution in [-0.4, -0.2) is 13.2 Å². The molecule has 0 N–H and O–H groups in total. The van der Waals surface area contributed by atoms with E-state index in [9.17, 15) is 0 Å². The quantitative estimate of drug-likeness (QED) is 0.195. The second-order valence-electron chi connectivity index (χ2n) is 8.04. The summed E-state index contributed by atoms with van der Waals surface area (Å²) in [5.41, 5.74) is 5.16. The highest BCUT2D eigenvalue weighted by molar-refractivity contribution is 6.25. The molecule has 0 aliphatic heterocycles. The zero-order valence-corrected chi connectivity index (χ0v) is 19.5. The third kappa shape index (κ3) is 3.56. The number of rotatable bonds is 6. The summed E-state index contributed by atoms with van der Waals surface area (Å²) >= 11 is 0. The average Bonchev–Trinajstić information content (AvgIpc) is 2.89. The molecule has 0 aliphatic carbocycles. The molecule has 0 unspecified atom stereocenters. The van der Waals surface area contributed by atoms with Crippen molar-refractivity contribution in [1.82, 2.24) is 0 Å². The van der Waals surface area contributed by atoms with Crippen molar-refractivity contribution in [1.29, 1.82) is 0 Å². The van der Waals surface area contributed by atoms with Gasteiger partial charge in [0.05, 0.1) is 18.8 Å². The summed E-state index contributed by atoms with van der Waals surface area (Å²) < 4.78 is 12.5. The standard InChI is InChI=1S/C32H26O2/c1-4-22-21-27(33-5-2)30-28(23-15-9-7-10-16-23)25-19-13-14-20-26(25)29(24-17-11-8-12-18-24)31(30)32(22)34-6-3/h1,7-21H,5-6H2,2-3H3. The van der Waals surface area contributed by atoms with Crippen LogP contribution in [0.15, 0.2) is 91.0 Å². The number of ether oxygens (including phenoxy) is 2. The van der Waals surface area contributed by atoms with Crippen molar-refractivity contribution in [2.45, 2.75) is 13.8 Å². The van der Waals surface area contributed by atoms with Crippen molar-refractivity contribution in [2.75, 3.05) is 13.2 Å². The summed E-state index contributed by atoms with van der Waals surface area (Å²) in [6.07, 6.45) is 6.00. The van der Waals surface area contributed by atoms with Crippen LogP contribution in [0.1, 0.15) is 19.4 Å². The lowest BCUT2D eigenvalue weighted by atomic mass is 9.84. The molecule has 2 nitrogen and oxygen atoms in total. The van der Waals surface area contributed by atoms with Crippen LogP contribution >= 0.6 is 0 Å². The summed E-state index contributed by atoms with van der Waals surface area (Å²) in [4.78, 5) is 0. The van der Waals surface area contributed by atoms with Crippen molar-refractivity contribution in [3.05, 3.63) is 96.6 Å². The lowest BCUT2D eigenvalue weighted by Gasteiger charge is -2.23. The number of benzene rings is 5. The molecular weight excluding hydrogens is 416 g/mol. The number of hydrogen-bond donors (Lipinski definition) is 0. The fraction of sp³-hybridized carbons (Fsp3) is 0.125. The molecule has 0 aromatic heterocycles. The SMILES string of the molecule is C#Cc1cc(OCC)c2c(-c3ccccc3)c3ccccc3c(-c3ccccc3)c2c1OCC. The van der Waals surface area contributed by atoms with Crippen LogP contribution in [0.2, 0.25) is 0 Å². The first-order valence-electron chi connectivity index (χ1n) is 11.7. The Morgan fingerprint density at radius 2 is 1.15 bits per heavy atom. The minimum atomic E-state index is 0.513. The molecule has 0 spiro atoms. The molecule has 0 radical (unpaired) electrons. The number of hydrogen-bond acceptors (Lipinski definition) is 2. The van der Waals surface area contributed by atoms with Gasteiger partial charge in [-0.15, -0.1) is 6.42 Å². The third-order valence-electron chi connectivity index (χ3n) is 6.08. The lowest BCUT2D eigenvalue weighted by molar-refractivity contribution is 0.336. The van der Waals surface area contributed by atoms with E-state index in [0.717, 1.165) is 55.3 Å². The average molecular weight is 443 g/mol. The van der Waals surface area contributed by atoms with Gasteiger partial charge in [-0.2, -0.15) is 0 Å². The lowest BCUT2D eigenvalue weighted by Crippen LogP contribution is -2.02. The minimum Gasteiger partial charge on any atom is -0.493 e. The summed E-state index contributed by atoms with van der Waals surface area (Å²) in [7, 11) is 0. The zero-order chi connectivity index (χ0) is 23.5. The van der Waals surface area contributed by atoms with Crippen molar-refractivity contribution >= 4 is 21.5 Å². The van der Waals surface area contributed by atoms with Crippen LogP contribution in [0, 0.1) is 12.3 Å². The predicted octanol–water partition coefficient (Wildman–Crippen LogP) is 8.11. The third-order valence-corrected chi connectivity index (χ3v) is 6.08. The highest BCUT2D eigenvalue weighted by Crippen LogP contribution is 2.51. The van der Waals surface area contributed by atoms with Gasteiger partial charge in [-0.3, -0.25) is 0 Å². The van der Waals surface area contributed by atoms with E-state index in [4.69, 9.17) is 15.9 Å². The molecule has 0 saturated heterocycles. The molecular formula is C32H26O2. The largest absolute Gasteiger partial charge is 0.493 e. The molecule has 5 aromatic carbocycles. The zero-order valence-electron chi connectivity index (χ0n) is 19.5. The molecule has 5 rings (SSSR count). The predicted molar refractivity (Wildman–Crippen MR) is 143 cm³/mol. The number of terminal acetylenes is 1. The molecule has 0 saturated carbocycles. The summed E-state index contributed by atoms with van der Waals surface area (Å²) in [6, 6.07) is 31.4. The highest BCUT2D eigenvalue weighted by Gasteiger charge is 2.24. The van der Waals surface area contributed by atoms with Gasteiger partial charge in [0.15, 0.2) is 0 Å². The van der Waals surface area contributed by atoms with E-state index in [1.807, 2.05) is 32.0 Å². The Bertz CT molecular complexity index is 1510. The topological polar surface area (TPSA) is 18.5 Å². The smallest absolute Gasteiger partial charge is 0.143 e. The van der Waals surface area contributed by atoms with E-state index in [1.54, 1.807) is 0 Å². The molecule has 0 atom stereocenters. The fourth-order valence-corrected chi connectivity index (χ4v) is 4.80. The first-order valence-corrected chi connectivity index (χ1v) is 11.7. The first kappa shape index (κ1) is 21.6. The van der Waals surface area contributed by atoms with Crippen LogP contribution in [-0.2, 0) is 0 Å². The minimum absolute atomic E-state index is 0.513. The molecule has 0 aliphatic rings. The maximum atomic E-state index is 6.28. The van der Waals surface area contributed by atoms with Crippen LogP contribution < -0.4 is 9.47 Å². The summed E-state index contributed by atoms with van der Waals surface area (Å²) in [5, 5.41) is 4.33. The van der Waals surface area contributed by atoms with Gasteiger partial charge in [0.2, 0.25) is 0 Å². The fourth-order valence-electron chi connectivity index (χ4n) is 4.80. The second kappa shape index (κ2) is 9.33. The van der Waals surface area contributed by atoms with Crippen molar-refractivity contribution in [2.24, 2.45) is 0 Å². The molecule has 166 valence electrons. The van der Waals surface area contributed by atoms with E-state index in [0.29, 0.717) is 18.8 Å². The van der Waals surface area contributed by atoms with Gasteiger partial charge in [0.25, 0.3) is 0 Å². The Hall–Kier alpha value is -4.22. The van der Waals surface area contributed by atoms with E-state index in [2.05, 4.69) is 78.7 Å². The Balaban J connectivity index is 2.13. The maximum Gasteiger partial charge on any atom is 0.143 e. The van der Waals surface area contributed by atoms with Crippen molar-refractivity contribution in [3.8, 4) is 46.1 Å². The molecule has 5 aromatic rings. The Kier molecular flexibility index (Phi) is 5.93. The van der Waals surface area contributed by atoms with Crippen molar-refractivity contribution < 1.29 is 9.47 Å². The molecule has 34 heavy (non-hydrogen) atoms. The van der Waals surface area contributed by atoms with E-state index in [-0.39, 0.29) is 0 Å². The van der Waals surface area contributed by atoms with Crippen LogP contribution in [0.3, 0.4) is 0 Å². The van der Waals surface area contributed by atoms with E-state index in [1.165, 1.54) is 0 Å². The van der Waals surface area contributed by atoms with E-state index >= 15 is 0 Å². The van der Waals surface area contributed by atoms with Gasteiger partial charge in [0, 0.05) is 28.0 Å². The Morgan fingerprint density at radius 1 is 0.647 bits per heavy atom. The Labute approximate surface area is 200 Å². The summed E-state index contributed by atoms with van der Waals surface area (Å²) in [5.74, 6) is 4.35. The van der Waals surface area contributed by atoms with Crippen LogP contribution in [0.4, 0.5) is 0 Å². The van der Waals surface area contributed by atoms with Gasteiger partial charge in [-0.1, -0.05) is 90.8 Å². The van der Waals surface area contributed by atoms with Crippen LogP contribution in [0.5, 0.6) is 11.5 Å². The normalized spacial score (nSPS) is 10.9. The van der Waals surface area contributed by atoms with Gasteiger partial charge in [0.1, 0.15) is 11.5 Å². The van der Waals surface area contributed by atoms with Gasteiger partial charge in [-0.25, -0.2) is 0 Å². The number of fused-ring (bicyclic) bond motifs is 2. The molecule has 2 heteroatoms. The van der Waals surface area contributed by atoms with Crippen LogP contribution in [0.25, 0.3) is 43.8 Å². The monoisotopic (exact) mass is 442 g/mol. The second-order valence-corrected chi connectivity index (χ2v) is 8.04. The van der Waals surface area contributed by atoms with Gasteiger partial charge < -0.3 is 9.47 Å². The molecule has 0 heterocycles. The molecule has 0 bridgehead atoms. The molecule has 0 amide bonds. The highest BCUT2D eigenvalue weighted by atomic mass is 16.5. The summed E-state index contributed by atoms with van der Waals surface area (Å²) in [6.45, 7) is 5.04. The maximum absolute atomic E-state index is 6.28. The molecule has 0 fully saturated rings. The van der Waals surface area contributed by atoms with Crippen molar-refractivity contribution in [3.63, 3.8) is 0 Å². The van der Waals surface area contributed by atoms with Gasteiger partial charge >= 0.3 is 0 Å². The first-order chi connectivity index (χ1) is 16.8. The van der Waals surface area contributed by atoms with Gasteiger partial charge in [-0.05, 0) is 35.7 Å². The van der Waals surface area contributed by atoms with E-state index < -0.39 is 0 Å².